The molecular weight excluding hydrogens is 284 g/mol. The van der Waals surface area contributed by atoms with E-state index in [9.17, 15) is 4.79 Å². The van der Waals surface area contributed by atoms with Crippen LogP contribution in [0.2, 0.25) is 5.02 Å². The Kier molecular flexibility index (Phi) is 3.67. The first kappa shape index (κ1) is 13.7. The van der Waals surface area contributed by atoms with Crippen LogP contribution in [-0.4, -0.2) is 10.5 Å². The zero-order valence-electron chi connectivity index (χ0n) is 11.6. The summed E-state index contributed by atoms with van der Waals surface area (Å²) in [7, 11) is 1.99. The van der Waals surface area contributed by atoms with Crippen LogP contribution in [0.4, 0.5) is 5.69 Å². The van der Waals surface area contributed by atoms with Gasteiger partial charge in [0.05, 0.1) is 6.42 Å². The second kappa shape index (κ2) is 5.62. The largest absolute Gasteiger partial charge is 0.350 e. The maximum atomic E-state index is 12.2. The van der Waals surface area contributed by atoms with Crippen LogP contribution in [0.1, 0.15) is 5.56 Å². The highest BCUT2D eigenvalue weighted by Crippen LogP contribution is 2.21. The standard InChI is InChI=1S/C17H15ClN2O/c1-20-11-12(15-7-2-3-8-16(15)20)9-17(21)19-14-6-4-5-13(18)10-14/h2-8,10-11H,9H2,1H3,(H,19,21). The smallest absolute Gasteiger partial charge is 0.228 e. The lowest BCUT2D eigenvalue weighted by atomic mass is 10.1. The minimum absolute atomic E-state index is 0.0476. The van der Waals surface area contributed by atoms with Gasteiger partial charge in [-0.15, -0.1) is 0 Å². The molecule has 3 rings (SSSR count). The molecule has 1 N–H and O–H groups in total. The van der Waals surface area contributed by atoms with Crippen molar-refractivity contribution < 1.29 is 4.79 Å². The van der Waals surface area contributed by atoms with Crippen molar-refractivity contribution in [2.24, 2.45) is 7.05 Å². The number of hydrogen-bond donors (Lipinski definition) is 1. The monoisotopic (exact) mass is 298 g/mol. The van der Waals surface area contributed by atoms with Gasteiger partial charge >= 0.3 is 0 Å². The van der Waals surface area contributed by atoms with E-state index in [0.717, 1.165) is 16.5 Å². The molecule has 3 nitrogen and oxygen atoms in total. The number of benzene rings is 2. The summed E-state index contributed by atoms with van der Waals surface area (Å²) >= 11 is 5.92. The molecule has 0 fully saturated rings. The van der Waals surface area contributed by atoms with Gasteiger partial charge in [0, 0.05) is 34.9 Å². The van der Waals surface area contributed by atoms with Crippen LogP contribution >= 0.6 is 11.6 Å². The lowest BCUT2D eigenvalue weighted by molar-refractivity contribution is -0.115. The summed E-state index contributed by atoms with van der Waals surface area (Å²) in [6.07, 6.45) is 2.34. The number of halogens is 1. The summed E-state index contributed by atoms with van der Waals surface area (Å²) in [5.41, 5.74) is 2.86. The van der Waals surface area contributed by atoms with Gasteiger partial charge in [0.25, 0.3) is 0 Å². The lowest BCUT2D eigenvalue weighted by Gasteiger charge is -2.05. The normalized spacial score (nSPS) is 10.8. The topological polar surface area (TPSA) is 34.0 Å². The van der Waals surface area contributed by atoms with Crippen LogP contribution in [0, 0.1) is 0 Å². The Balaban J connectivity index is 1.80. The van der Waals surface area contributed by atoms with Crippen molar-refractivity contribution in [3.05, 3.63) is 65.3 Å². The van der Waals surface area contributed by atoms with Crippen LogP contribution in [0.5, 0.6) is 0 Å². The van der Waals surface area contributed by atoms with Gasteiger partial charge in [0.15, 0.2) is 0 Å². The molecule has 1 heterocycles. The summed E-state index contributed by atoms with van der Waals surface area (Å²) in [5, 5.41) is 4.59. The van der Waals surface area contributed by atoms with Gasteiger partial charge in [-0.05, 0) is 29.8 Å². The van der Waals surface area contributed by atoms with Gasteiger partial charge in [-0.1, -0.05) is 35.9 Å². The number of para-hydroxylation sites is 1. The van der Waals surface area contributed by atoms with Crippen molar-refractivity contribution in [3.63, 3.8) is 0 Å². The Bertz CT molecular complexity index is 807. The number of nitrogens with one attached hydrogen (secondary N) is 1. The van der Waals surface area contributed by atoms with Crippen molar-refractivity contribution in [3.8, 4) is 0 Å². The minimum atomic E-state index is -0.0476. The van der Waals surface area contributed by atoms with Crippen molar-refractivity contribution in [2.45, 2.75) is 6.42 Å². The summed E-state index contributed by atoms with van der Waals surface area (Å²) in [5.74, 6) is -0.0476. The van der Waals surface area contributed by atoms with E-state index in [1.54, 1.807) is 12.1 Å². The molecule has 0 saturated heterocycles. The number of nitrogens with zero attached hydrogens (tertiary/aromatic N) is 1. The molecule has 0 spiro atoms. The fourth-order valence-electron chi connectivity index (χ4n) is 2.51. The third kappa shape index (κ3) is 2.93. The molecule has 1 amide bonds. The average molecular weight is 299 g/mol. The molecular formula is C17H15ClN2O. The first-order chi connectivity index (χ1) is 10.1. The van der Waals surface area contributed by atoms with Gasteiger partial charge in [-0.2, -0.15) is 0 Å². The Morgan fingerprint density at radius 3 is 2.81 bits per heavy atom. The number of fused-ring (bicyclic) bond motifs is 1. The molecule has 0 saturated carbocycles. The Morgan fingerprint density at radius 1 is 1.19 bits per heavy atom. The Morgan fingerprint density at radius 2 is 2.00 bits per heavy atom. The predicted octanol–water partition coefficient (Wildman–Crippen LogP) is 4.01. The molecule has 0 atom stereocenters. The minimum Gasteiger partial charge on any atom is -0.350 e. The Hall–Kier alpha value is -2.26. The molecule has 1 aromatic heterocycles. The zero-order chi connectivity index (χ0) is 14.8. The third-order valence-electron chi connectivity index (χ3n) is 3.44. The van der Waals surface area contributed by atoms with Crippen LogP contribution < -0.4 is 5.32 Å². The molecule has 0 aliphatic carbocycles. The fraction of sp³-hybridized carbons (Fsp3) is 0.118. The van der Waals surface area contributed by atoms with Crippen molar-refractivity contribution in [1.82, 2.24) is 4.57 Å². The molecule has 0 aliphatic heterocycles. The van der Waals surface area contributed by atoms with E-state index in [1.807, 2.05) is 54.2 Å². The number of hydrogen-bond acceptors (Lipinski definition) is 1. The summed E-state index contributed by atoms with van der Waals surface area (Å²) in [6, 6.07) is 15.2. The number of aromatic nitrogens is 1. The average Bonchev–Trinajstić information content (AvgIpc) is 2.76. The number of rotatable bonds is 3. The molecule has 0 aliphatic rings. The van der Waals surface area contributed by atoms with Gasteiger partial charge < -0.3 is 9.88 Å². The molecule has 106 valence electrons. The van der Waals surface area contributed by atoms with Crippen molar-refractivity contribution >= 4 is 34.1 Å². The number of amides is 1. The zero-order valence-corrected chi connectivity index (χ0v) is 12.4. The van der Waals surface area contributed by atoms with Crippen molar-refractivity contribution in [2.75, 3.05) is 5.32 Å². The molecule has 0 unspecified atom stereocenters. The van der Waals surface area contributed by atoms with Gasteiger partial charge in [0.1, 0.15) is 0 Å². The highest BCUT2D eigenvalue weighted by atomic mass is 35.5. The number of aryl methyl sites for hydroxylation is 1. The maximum Gasteiger partial charge on any atom is 0.228 e. The molecule has 2 aromatic carbocycles. The first-order valence-corrected chi connectivity index (χ1v) is 7.09. The SMILES string of the molecule is Cn1cc(CC(=O)Nc2cccc(Cl)c2)c2ccccc21. The fourth-order valence-corrected chi connectivity index (χ4v) is 2.70. The van der Waals surface area contributed by atoms with Crippen LogP contribution in [0.15, 0.2) is 54.7 Å². The molecule has 21 heavy (non-hydrogen) atoms. The number of anilines is 1. The van der Waals surface area contributed by atoms with Crippen LogP contribution in [0.25, 0.3) is 10.9 Å². The molecule has 0 radical (unpaired) electrons. The number of carbonyl (C=O) groups is 1. The molecule has 4 heteroatoms. The van der Waals surface area contributed by atoms with Gasteiger partial charge in [-0.25, -0.2) is 0 Å². The second-order valence-corrected chi connectivity index (χ2v) is 5.45. The highest BCUT2D eigenvalue weighted by Gasteiger charge is 2.10. The third-order valence-corrected chi connectivity index (χ3v) is 3.67. The van der Waals surface area contributed by atoms with E-state index in [0.29, 0.717) is 17.1 Å². The van der Waals surface area contributed by atoms with E-state index >= 15 is 0 Å². The first-order valence-electron chi connectivity index (χ1n) is 6.72. The van der Waals surface area contributed by atoms with E-state index in [1.165, 1.54) is 0 Å². The van der Waals surface area contributed by atoms with E-state index in [-0.39, 0.29) is 5.91 Å². The van der Waals surface area contributed by atoms with Crippen LogP contribution in [-0.2, 0) is 18.3 Å². The quantitative estimate of drug-likeness (QED) is 0.779. The molecule has 3 aromatic rings. The lowest BCUT2D eigenvalue weighted by Crippen LogP contribution is -2.14. The summed E-state index contributed by atoms with van der Waals surface area (Å²) in [6.45, 7) is 0. The van der Waals surface area contributed by atoms with Gasteiger partial charge in [-0.3, -0.25) is 4.79 Å². The molecule has 0 bridgehead atoms. The highest BCUT2D eigenvalue weighted by molar-refractivity contribution is 6.30. The number of carbonyl (C=O) groups excluding carboxylic acids is 1. The predicted molar refractivity (Wildman–Crippen MR) is 86.7 cm³/mol. The van der Waals surface area contributed by atoms with Crippen molar-refractivity contribution in [1.29, 1.82) is 0 Å². The van der Waals surface area contributed by atoms with Gasteiger partial charge in [0.2, 0.25) is 5.91 Å². The van der Waals surface area contributed by atoms with E-state index in [4.69, 9.17) is 11.6 Å². The Labute approximate surface area is 128 Å². The van der Waals surface area contributed by atoms with E-state index in [2.05, 4.69) is 5.32 Å². The summed E-state index contributed by atoms with van der Waals surface area (Å²) in [4.78, 5) is 12.2. The van der Waals surface area contributed by atoms with E-state index < -0.39 is 0 Å². The summed E-state index contributed by atoms with van der Waals surface area (Å²) < 4.78 is 2.04. The second-order valence-electron chi connectivity index (χ2n) is 5.02. The maximum absolute atomic E-state index is 12.2. The van der Waals surface area contributed by atoms with Crippen LogP contribution in [0.3, 0.4) is 0 Å².